The zero-order valence-corrected chi connectivity index (χ0v) is 33.4. The summed E-state index contributed by atoms with van der Waals surface area (Å²) in [6, 6.07) is 6.65. The van der Waals surface area contributed by atoms with Crippen LogP contribution in [0.2, 0.25) is 20.1 Å². The zero-order chi connectivity index (χ0) is 28.7. The van der Waals surface area contributed by atoms with Crippen molar-refractivity contribution in [3.05, 3.63) is 56.2 Å². The number of thiol groups is 2. The summed E-state index contributed by atoms with van der Waals surface area (Å²) >= 11 is 40.6. The van der Waals surface area contributed by atoms with Gasteiger partial charge in [-0.3, -0.25) is 9.59 Å². The molecule has 18 heteroatoms. The van der Waals surface area contributed by atoms with Gasteiger partial charge in [-0.1, -0.05) is 53.3 Å². The van der Waals surface area contributed by atoms with E-state index in [-0.39, 0.29) is 45.1 Å². The molecule has 0 aliphatic carbocycles. The van der Waals surface area contributed by atoms with Crippen molar-refractivity contribution in [2.75, 3.05) is 19.6 Å². The maximum atomic E-state index is 9.00. The van der Waals surface area contributed by atoms with Crippen LogP contribution in [0.3, 0.4) is 0 Å². The molecule has 38 heavy (non-hydrogen) atoms. The number of nitrogens with one attached hydrogen (secondary N) is 1. The van der Waals surface area contributed by atoms with Crippen LogP contribution in [-0.4, -0.2) is 41.8 Å². The predicted molar refractivity (Wildman–Crippen MR) is 164 cm³/mol. The molecule has 0 aliphatic rings. The molecule has 0 spiro atoms. The first-order valence-corrected chi connectivity index (χ1v) is 12.4. The second-order valence-electron chi connectivity index (χ2n) is 5.38. The molecule has 8 nitrogen and oxygen atoms in total. The number of carboxylic acid groups (broad SMARTS) is 2. The first-order valence-electron chi connectivity index (χ1n) is 9.17. The van der Waals surface area contributed by atoms with Gasteiger partial charge in [0, 0.05) is 85.7 Å². The van der Waals surface area contributed by atoms with Gasteiger partial charge in [-0.05, 0) is 24.3 Å². The molecule has 2 aromatic rings. The van der Waals surface area contributed by atoms with E-state index in [2.05, 4.69) is 25.3 Å². The van der Waals surface area contributed by atoms with Crippen LogP contribution >= 0.6 is 71.7 Å². The van der Waals surface area contributed by atoms with Crippen molar-refractivity contribution in [3.8, 4) is 0 Å². The summed E-state index contributed by atoms with van der Waals surface area (Å²) in [6.45, 7) is 5.65. The molecule has 0 atom stereocenters. The Kier molecular flexibility index (Phi) is 51.6. The Morgan fingerprint density at radius 3 is 1.11 bits per heavy atom. The van der Waals surface area contributed by atoms with E-state index in [4.69, 9.17) is 109 Å². The number of hydrogen-bond donors (Lipinski definition) is 6. The Morgan fingerprint density at radius 2 is 0.947 bits per heavy atom. The summed E-state index contributed by atoms with van der Waals surface area (Å²) < 4.78 is 0. The van der Waals surface area contributed by atoms with Crippen LogP contribution in [0.1, 0.15) is 20.8 Å². The molecule has 0 radical (unpaired) electrons. The van der Waals surface area contributed by atoms with Crippen LogP contribution < -0.4 is 11.5 Å². The second kappa shape index (κ2) is 35.8. The number of hydrogen-bond acceptors (Lipinski definition) is 8. The van der Waals surface area contributed by atoms with Gasteiger partial charge in [-0.15, -0.1) is 25.3 Å². The number of carbonyl (C=O) groups is 2. The topological polar surface area (TPSA) is 184 Å². The van der Waals surface area contributed by atoms with Crippen molar-refractivity contribution in [1.29, 1.82) is 0 Å². The third-order valence-corrected chi connectivity index (χ3v) is 6.07. The van der Waals surface area contributed by atoms with Crippen LogP contribution in [0.4, 0.5) is 0 Å². The Balaban J connectivity index is -0.0000000642. The van der Waals surface area contributed by atoms with Crippen molar-refractivity contribution < 1.29 is 58.8 Å². The Labute approximate surface area is 292 Å². The van der Waals surface area contributed by atoms with Gasteiger partial charge in [0.15, 0.2) is 0 Å². The summed E-state index contributed by atoms with van der Waals surface area (Å²) in [5, 5.41) is 16.9. The van der Waals surface area contributed by atoms with E-state index in [1.807, 2.05) is 0 Å². The van der Waals surface area contributed by atoms with E-state index in [1.54, 1.807) is 31.2 Å². The molecule has 0 aliphatic heterocycles. The quantitative estimate of drug-likeness (QED) is 0.0993. The fourth-order valence-corrected chi connectivity index (χ4v) is 2.66. The molecule has 214 valence electrons. The summed E-state index contributed by atoms with van der Waals surface area (Å²) in [6.07, 6.45) is 0. The van der Waals surface area contributed by atoms with Gasteiger partial charge in [0.1, 0.15) is 0 Å². The van der Waals surface area contributed by atoms with Gasteiger partial charge in [0.05, 0.1) is 10.0 Å². The molecule has 0 heterocycles. The van der Waals surface area contributed by atoms with Crippen molar-refractivity contribution >= 4 is 109 Å². The molecule has 0 unspecified atom stereocenters. The minimum atomic E-state index is -0.833. The van der Waals surface area contributed by atoms with Gasteiger partial charge >= 0.3 is 0 Å². The van der Waals surface area contributed by atoms with Gasteiger partial charge < -0.3 is 58.8 Å². The Hall–Kier alpha value is 0.767. The van der Waals surface area contributed by atoms with Gasteiger partial charge in [-0.25, -0.2) is 0 Å². The van der Waals surface area contributed by atoms with E-state index >= 15 is 0 Å². The molecule has 2 aromatic carbocycles. The fourth-order valence-electron chi connectivity index (χ4n) is 1.05. The Bertz CT molecular complexity index is 766. The van der Waals surface area contributed by atoms with Crippen LogP contribution in [0.25, 0.3) is 11.9 Å². The van der Waals surface area contributed by atoms with Gasteiger partial charge in [0.25, 0.3) is 11.9 Å². The Morgan fingerprint density at radius 1 is 0.789 bits per heavy atom. The van der Waals surface area contributed by atoms with Crippen LogP contribution in [0.15, 0.2) is 43.8 Å². The second-order valence-corrected chi connectivity index (χ2v) is 8.72. The van der Waals surface area contributed by atoms with E-state index in [1.165, 1.54) is 0 Å². The monoisotopic (exact) mass is 786 g/mol. The summed E-state index contributed by atoms with van der Waals surface area (Å²) in [7, 11) is 0. The smallest absolute Gasteiger partial charge is 0.300 e. The molecule has 0 saturated heterocycles. The molecular weight excluding hydrogens is 761 g/mol. The third-order valence-electron chi connectivity index (χ3n) is 2.24. The molecule has 0 bridgehead atoms. The predicted octanol–water partition coefficient (Wildman–Crippen LogP) is 7.23. The molecule has 0 fully saturated rings. The maximum absolute atomic E-state index is 9.00. The number of nitrogens with two attached hydrogens (primary N) is 3. The molecule has 0 saturated carbocycles. The first-order chi connectivity index (χ1) is 16.0. The van der Waals surface area contributed by atoms with E-state index in [0.29, 0.717) is 59.3 Å². The van der Waals surface area contributed by atoms with Gasteiger partial charge in [0.2, 0.25) is 0 Å². The van der Waals surface area contributed by atoms with E-state index in [0.717, 1.165) is 13.8 Å². The summed E-state index contributed by atoms with van der Waals surface area (Å²) in [4.78, 5) is 20.2. The fraction of sp³-hybridized carbons (Fsp3) is 0.300. The molecular formula is C20H30Cl4N4O4S4Zn2-4. The number of halogens is 4. The molecule has 0 aromatic heterocycles. The number of rotatable bonds is 1. The third kappa shape index (κ3) is 36.8. The van der Waals surface area contributed by atoms with Gasteiger partial charge in [-0.2, -0.15) is 16.3 Å². The van der Waals surface area contributed by atoms with Crippen molar-refractivity contribution in [1.82, 2.24) is 0 Å². The van der Waals surface area contributed by atoms with Crippen molar-refractivity contribution in [3.63, 3.8) is 0 Å². The van der Waals surface area contributed by atoms with Crippen LogP contribution in [-0.2, 0) is 73.8 Å². The minimum absolute atomic E-state index is 0. The molecule has 0 amide bonds. The normalized spacial score (nSPS) is 7.79. The maximum Gasteiger partial charge on any atom is 0.300 e. The number of benzene rings is 2. The van der Waals surface area contributed by atoms with E-state index in [9.17, 15) is 0 Å². The average Bonchev–Trinajstić information content (AvgIpc) is 2.76. The van der Waals surface area contributed by atoms with Crippen LogP contribution in [0.5, 0.6) is 0 Å². The SMILES string of the molecule is CC(=O)O.CC(=O)O.CC[NH-].NCCN.Sc1c(Cl)ccc(Cl)c1S.[NH2-].[S-]c1c(Cl)ccc(Cl)c1[S-].[Zn].[Zn]. The molecule has 2 rings (SSSR count). The standard InChI is InChI=1S/2C6H4Cl2S2.C2H8N2.C2H6N.2C2H4O2.H2N.2Zn/c2*7-3-1-2-4(8)6(10)5(3)9;3-1-2-4;1-2-3;2*1-2(3)4;;;/h2*1-2,9-10H;1-4H2;3H,2H2,1H3;2*1H3,(H,3,4);1H2;;/q;;;-1;;;-1;;/p-2. The molecule has 9 N–H and O–H groups in total. The average molecular weight is 791 g/mol. The summed E-state index contributed by atoms with van der Waals surface area (Å²) in [5.41, 5.74) is 16.0. The first kappa shape index (κ1) is 54.8. The zero-order valence-electron chi connectivity index (χ0n) is 21.0. The van der Waals surface area contributed by atoms with Crippen molar-refractivity contribution in [2.45, 2.75) is 40.4 Å². The largest absolute Gasteiger partial charge is 0.780 e. The number of carboxylic acids is 2. The van der Waals surface area contributed by atoms with Crippen LogP contribution in [0, 0.1) is 0 Å². The van der Waals surface area contributed by atoms with E-state index < -0.39 is 11.9 Å². The summed E-state index contributed by atoms with van der Waals surface area (Å²) in [5.74, 6) is -1.67. The van der Waals surface area contributed by atoms with Crippen molar-refractivity contribution in [2.24, 2.45) is 11.5 Å². The number of aliphatic carboxylic acids is 2. The minimum Gasteiger partial charge on any atom is -0.780 e.